The zero-order valence-corrected chi connectivity index (χ0v) is 20.6. The predicted molar refractivity (Wildman–Crippen MR) is 130 cm³/mol. The van der Waals surface area contributed by atoms with Gasteiger partial charge in [-0.3, -0.25) is 10.1 Å². The normalized spacial score (nSPS) is 13.5. The van der Waals surface area contributed by atoms with E-state index >= 15 is 0 Å². The van der Waals surface area contributed by atoms with Gasteiger partial charge in [-0.15, -0.1) is 0 Å². The van der Waals surface area contributed by atoms with Gasteiger partial charge in [0, 0.05) is 25.0 Å². The van der Waals surface area contributed by atoms with E-state index < -0.39 is 40.0 Å². The standard InChI is InChI=1S/C26H27FN2O8/c1-4-35-22-12-17(11-21(24(22)30)29(33)34)23-19(25(31)36-5-2)14-28(15-20(23)26(32)37-6-3)13-16-7-9-18(27)10-8-16/h7-12,14-15,23,30H,4-6,13H2,1-3H3. The van der Waals surface area contributed by atoms with Gasteiger partial charge >= 0.3 is 17.6 Å². The molecule has 0 radical (unpaired) electrons. The minimum absolute atomic E-state index is 0.0111. The van der Waals surface area contributed by atoms with Crippen molar-refractivity contribution >= 4 is 17.6 Å². The van der Waals surface area contributed by atoms with Crippen LogP contribution in [0.3, 0.4) is 0 Å². The molecule has 10 nitrogen and oxygen atoms in total. The van der Waals surface area contributed by atoms with Gasteiger partial charge in [0.05, 0.1) is 41.8 Å². The number of nitrogens with zero attached hydrogens (tertiary/aromatic N) is 2. The Morgan fingerprint density at radius 3 is 2.05 bits per heavy atom. The topological polar surface area (TPSA) is 128 Å². The first-order chi connectivity index (χ1) is 17.7. The van der Waals surface area contributed by atoms with E-state index in [1.54, 1.807) is 37.8 Å². The smallest absolute Gasteiger partial charge is 0.336 e. The Kier molecular flexibility index (Phi) is 8.83. The van der Waals surface area contributed by atoms with Gasteiger partial charge in [-0.05, 0) is 50.1 Å². The summed E-state index contributed by atoms with van der Waals surface area (Å²) in [4.78, 5) is 38.6. The second-order valence-corrected chi connectivity index (χ2v) is 7.92. The largest absolute Gasteiger partial charge is 0.500 e. The zero-order valence-electron chi connectivity index (χ0n) is 20.6. The van der Waals surface area contributed by atoms with Crippen molar-refractivity contribution in [2.45, 2.75) is 33.2 Å². The van der Waals surface area contributed by atoms with E-state index in [0.29, 0.717) is 5.56 Å². The number of carbonyl (C=O) groups is 2. The number of halogens is 1. The molecule has 11 heteroatoms. The van der Waals surface area contributed by atoms with Crippen molar-refractivity contribution in [3.63, 3.8) is 0 Å². The Morgan fingerprint density at radius 1 is 1.00 bits per heavy atom. The quantitative estimate of drug-likeness (QED) is 0.280. The highest BCUT2D eigenvalue weighted by Gasteiger charge is 2.37. The number of benzene rings is 2. The van der Waals surface area contributed by atoms with Crippen molar-refractivity contribution in [3.8, 4) is 11.5 Å². The minimum Gasteiger partial charge on any atom is -0.500 e. The molecule has 0 aliphatic carbocycles. The third-order valence-electron chi connectivity index (χ3n) is 5.44. The van der Waals surface area contributed by atoms with E-state index in [2.05, 4.69) is 0 Å². The van der Waals surface area contributed by atoms with Crippen LogP contribution >= 0.6 is 0 Å². The first-order valence-corrected chi connectivity index (χ1v) is 11.6. The second-order valence-electron chi connectivity index (χ2n) is 7.92. The summed E-state index contributed by atoms with van der Waals surface area (Å²) in [5, 5.41) is 22.0. The number of phenolic OH excluding ortho intramolecular Hbond substituents is 1. The van der Waals surface area contributed by atoms with Crippen molar-refractivity contribution in [1.82, 2.24) is 4.90 Å². The first-order valence-electron chi connectivity index (χ1n) is 11.6. The first kappa shape index (κ1) is 27.2. The summed E-state index contributed by atoms with van der Waals surface area (Å²) < 4.78 is 29.2. The van der Waals surface area contributed by atoms with Crippen molar-refractivity contribution < 1.29 is 38.2 Å². The van der Waals surface area contributed by atoms with Crippen LogP contribution in [0.1, 0.15) is 37.8 Å². The Morgan fingerprint density at radius 2 is 1.57 bits per heavy atom. The maximum Gasteiger partial charge on any atom is 0.336 e. The molecule has 0 saturated heterocycles. The molecule has 1 aliphatic rings. The number of hydrogen-bond acceptors (Lipinski definition) is 9. The van der Waals surface area contributed by atoms with Gasteiger partial charge in [0.2, 0.25) is 5.75 Å². The van der Waals surface area contributed by atoms with Crippen LogP contribution in [0.2, 0.25) is 0 Å². The molecule has 2 aromatic rings. The molecule has 0 fully saturated rings. The summed E-state index contributed by atoms with van der Waals surface area (Å²) in [7, 11) is 0. The van der Waals surface area contributed by atoms with Gasteiger partial charge < -0.3 is 24.2 Å². The number of carbonyl (C=O) groups excluding carboxylic acids is 2. The van der Waals surface area contributed by atoms with Crippen molar-refractivity contribution in [2.24, 2.45) is 0 Å². The number of nitro benzene ring substituents is 1. The van der Waals surface area contributed by atoms with E-state index in [1.807, 2.05) is 0 Å². The van der Waals surface area contributed by atoms with E-state index in [1.165, 1.54) is 30.6 Å². The summed E-state index contributed by atoms with van der Waals surface area (Å²) in [6.07, 6.45) is 2.93. The predicted octanol–water partition coefficient (Wildman–Crippen LogP) is 4.33. The van der Waals surface area contributed by atoms with Crippen molar-refractivity contribution in [2.75, 3.05) is 19.8 Å². The monoisotopic (exact) mass is 514 g/mol. The van der Waals surface area contributed by atoms with Crippen LogP contribution in [0.5, 0.6) is 11.5 Å². The van der Waals surface area contributed by atoms with Gasteiger partial charge in [-0.2, -0.15) is 0 Å². The molecule has 0 spiro atoms. The SMILES string of the molecule is CCOC(=O)C1=CN(Cc2ccc(F)cc2)C=C(C(=O)OCC)C1c1cc(OCC)c(O)c([N+](=O)[O-])c1. The Balaban J connectivity index is 2.20. The molecule has 37 heavy (non-hydrogen) atoms. The maximum atomic E-state index is 13.4. The Bertz CT molecular complexity index is 1200. The van der Waals surface area contributed by atoms with Crippen LogP contribution in [0.25, 0.3) is 0 Å². The lowest BCUT2D eigenvalue weighted by Gasteiger charge is -2.30. The number of ether oxygens (including phenoxy) is 3. The van der Waals surface area contributed by atoms with Crippen molar-refractivity contribution in [3.05, 3.63) is 87.0 Å². The number of esters is 2. The van der Waals surface area contributed by atoms with Crippen LogP contribution in [0, 0.1) is 15.9 Å². The molecule has 196 valence electrons. The molecule has 0 amide bonds. The van der Waals surface area contributed by atoms with E-state index in [0.717, 1.165) is 6.07 Å². The molecule has 0 saturated carbocycles. The zero-order chi connectivity index (χ0) is 27.1. The molecule has 2 aromatic carbocycles. The molecule has 0 aromatic heterocycles. The lowest BCUT2D eigenvalue weighted by Crippen LogP contribution is -2.29. The third kappa shape index (κ3) is 6.24. The summed E-state index contributed by atoms with van der Waals surface area (Å²) in [6.45, 7) is 5.24. The third-order valence-corrected chi connectivity index (χ3v) is 5.44. The summed E-state index contributed by atoms with van der Waals surface area (Å²) >= 11 is 0. The number of phenols is 1. The van der Waals surface area contributed by atoms with Gasteiger partial charge in [0.25, 0.3) is 0 Å². The molecule has 1 aliphatic heterocycles. The van der Waals surface area contributed by atoms with E-state index in [-0.39, 0.29) is 48.8 Å². The van der Waals surface area contributed by atoms with E-state index in [4.69, 9.17) is 14.2 Å². The van der Waals surface area contributed by atoms with Crippen LogP contribution in [-0.4, -0.2) is 46.7 Å². The highest BCUT2D eigenvalue weighted by atomic mass is 19.1. The number of aromatic hydroxyl groups is 1. The fourth-order valence-electron chi connectivity index (χ4n) is 3.92. The fraction of sp³-hybridized carbons (Fsp3) is 0.308. The number of nitro groups is 1. The summed E-state index contributed by atoms with van der Waals surface area (Å²) in [6, 6.07) is 8.13. The van der Waals surface area contributed by atoms with Crippen LogP contribution in [-0.2, 0) is 25.6 Å². The van der Waals surface area contributed by atoms with Gasteiger partial charge in [-0.25, -0.2) is 14.0 Å². The van der Waals surface area contributed by atoms with Crippen LogP contribution < -0.4 is 4.74 Å². The average Bonchev–Trinajstić information content (AvgIpc) is 2.86. The highest BCUT2D eigenvalue weighted by molar-refractivity contribution is 5.98. The van der Waals surface area contributed by atoms with Crippen LogP contribution in [0.4, 0.5) is 10.1 Å². The average molecular weight is 515 g/mol. The second kappa shape index (κ2) is 12.0. The molecular formula is C26H27FN2O8. The lowest BCUT2D eigenvalue weighted by molar-refractivity contribution is -0.386. The fourth-order valence-corrected chi connectivity index (χ4v) is 3.92. The highest BCUT2D eigenvalue weighted by Crippen LogP contribution is 2.44. The molecular weight excluding hydrogens is 487 g/mol. The summed E-state index contributed by atoms with van der Waals surface area (Å²) in [5.74, 6) is -3.88. The Hall–Kier alpha value is -4.41. The van der Waals surface area contributed by atoms with Gasteiger partial charge in [0.1, 0.15) is 5.82 Å². The molecule has 3 rings (SSSR count). The molecule has 1 N–H and O–H groups in total. The molecule has 0 unspecified atom stereocenters. The van der Waals surface area contributed by atoms with E-state index in [9.17, 15) is 29.2 Å². The lowest BCUT2D eigenvalue weighted by atomic mass is 9.82. The van der Waals surface area contributed by atoms with Crippen molar-refractivity contribution in [1.29, 1.82) is 0 Å². The minimum atomic E-state index is -1.12. The van der Waals surface area contributed by atoms with Crippen LogP contribution in [0.15, 0.2) is 59.9 Å². The van der Waals surface area contributed by atoms with Gasteiger partial charge in [-0.1, -0.05) is 12.1 Å². The summed E-state index contributed by atoms with van der Waals surface area (Å²) in [5.41, 5.74) is 0.209. The Labute approximate surface area is 212 Å². The maximum absolute atomic E-state index is 13.4. The molecule has 0 atom stereocenters. The number of hydrogen-bond donors (Lipinski definition) is 1. The molecule has 0 bridgehead atoms. The van der Waals surface area contributed by atoms with Gasteiger partial charge in [0.15, 0.2) is 5.75 Å². The molecule has 1 heterocycles. The number of rotatable bonds is 10.